The monoisotopic (exact) mass is 172 g/mol. The first kappa shape index (κ1) is 10.1. The minimum Gasteiger partial charge on any atom is -0.465 e. The number of carboxylic acid groups (broad SMARTS) is 2. The maximum absolute atomic E-state index is 10.1. The molecule has 0 aliphatic rings. The molecule has 0 bridgehead atoms. The maximum atomic E-state index is 10.1. The van der Waals surface area contributed by atoms with Crippen molar-refractivity contribution in [3.8, 4) is 11.8 Å². The molecule has 0 unspecified atom stereocenters. The molecule has 0 radical (unpaired) electrons. The summed E-state index contributed by atoms with van der Waals surface area (Å²) in [5.41, 5.74) is 0. The van der Waals surface area contributed by atoms with Gasteiger partial charge in [-0.2, -0.15) is 0 Å². The zero-order chi connectivity index (χ0) is 9.56. The van der Waals surface area contributed by atoms with Crippen LogP contribution >= 0.6 is 0 Å². The minimum absolute atomic E-state index is 1.08. The number of amides is 2. The summed E-state index contributed by atoms with van der Waals surface area (Å²) in [6.45, 7) is 1.47. The Hall–Kier alpha value is -1.90. The summed E-state index contributed by atoms with van der Waals surface area (Å²) in [5.74, 6) is 4.69. The van der Waals surface area contributed by atoms with E-state index in [0.717, 1.165) is 0 Å². The van der Waals surface area contributed by atoms with Crippen LogP contribution in [0.25, 0.3) is 0 Å². The first-order valence-electron chi connectivity index (χ1n) is 2.97. The Morgan fingerprint density at radius 3 is 1.92 bits per heavy atom. The number of nitrogens with one attached hydrogen (secondary N) is 2. The second kappa shape index (κ2) is 4.85. The number of rotatable bonds is 2. The van der Waals surface area contributed by atoms with Gasteiger partial charge in [0.25, 0.3) is 0 Å². The van der Waals surface area contributed by atoms with Crippen LogP contribution in [0.5, 0.6) is 0 Å². The van der Waals surface area contributed by atoms with Crippen molar-refractivity contribution in [1.29, 1.82) is 0 Å². The standard InChI is InChI=1S/C6H8N2O4/c1-2-3-4(7-5(9)10)8-6(11)12/h4,7-8H,1H3,(H,9,10)(H,11,12). The average molecular weight is 172 g/mol. The molecule has 12 heavy (non-hydrogen) atoms. The first-order chi connectivity index (χ1) is 5.56. The zero-order valence-electron chi connectivity index (χ0n) is 6.29. The zero-order valence-corrected chi connectivity index (χ0v) is 6.29. The van der Waals surface area contributed by atoms with E-state index in [1.807, 2.05) is 10.6 Å². The van der Waals surface area contributed by atoms with Crippen molar-refractivity contribution in [2.45, 2.75) is 13.1 Å². The van der Waals surface area contributed by atoms with Crippen LogP contribution in [-0.2, 0) is 0 Å². The fourth-order valence-corrected chi connectivity index (χ4v) is 0.500. The normalized spacial score (nSPS) is 8.17. The third-order valence-electron chi connectivity index (χ3n) is 0.824. The van der Waals surface area contributed by atoms with Gasteiger partial charge in [-0.1, -0.05) is 5.92 Å². The summed E-state index contributed by atoms with van der Waals surface area (Å²) in [7, 11) is 0. The predicted molar refractivity (Wildman–Crippen MR) is 39.6 cm³/mol. The van der Waals surface area contributed by atoms with Gasteiger partial charge in [0.1, 0.15) is 0 Å². The van der Waals surface area contributed by atoms with Gasteiger partial charge in [-0.05, 0) is 6.92 Å². The molecule has 0 saturated heterocycles. The molecule has 6 heteroatoms. The van der Waals surface area contributed by atoms with Gasteiger partial charge < -0.3 is 10.2 Å². The second-order valence-electron chi connectivity index (χ2n) is 1.73. The largest absolute Gasteiger partial charge is 0.465 e. The van der Waals surface area contributed by atoms with Crippen molar-refractivity contribution in [2.24, 2.45) is 0 Å². The highest BCUT2D eigenvalue weighted by Crippen LogP contribution is 1.76. The third-order valence-corrected chi connectivity index (χ3v) is 0.824. The Bertz CT molecular complexity index is 224. The molecule has 4 N–H and O–H groups in total. The number of carbonyl (C=O) groups is 2. The van der Waals surface area contributed by atoms with E-state index in [2.05, 4.69) is 11.8 Å². The van der Waals surface area contributed by atoms with Crippen LogP contribution in [0.3, 0.4) is 0 Å². The van der Waals surface area contributed by atoms with Gasteiger partial charge in [0, 0.05) is 0 Å². The summed E-state index contributed by atoms with van der Waals surface area (Å²) in [5, 5.41) is 20.1. The third kappa shape index (κ3) is 4.93. The summed E-state index contributed by atoms with van der Waals surface area (Å²) in [4.78, 5) is 20.1. The minimum atomic E-state index is -1.34. The van der Waals surface area contributed by atoms with Crippen molar-refractivity contribution < 1.29 is 19.8 Å². The molecule has 0 spiro atoms. The van der Waals surface area contributed by atoms with Crippen LogP contribution in [0.1, 0.15) is 6.92 Å². The van der Waals surface area contributed by atoms with E-state index in [9.17, 15) is 9.59 Å². The van der Waals surface area contributed by atoms with Crippen LogP contribution < -0.4 is 10.6 Å². The van der Waals surface area contributed by atoms with E-state index < -0.39 is 18.4 Å². The lowest BCUT2D eigenvalue weighted by atomic mass is 10.5. The highest BCUT2D eigenvalue weighted by atomic mass is 16.4. The molecular formula is C6H8N2O4. The van der Waals surface area contributed by atoms with E-state index in [-0.39, 0.29) is 0 Å². The molecule has 0 saturated carbocycles. The van der Waals surface area contributed by atoms with Crippen LogP contribution in [0.2, 0.25) is 0 Å². The van der Waals surface area contributed by atoms with Crippen LogP contribution in [0.4, 0.5) is 9.59 Å². The number of hydrogen-bond donors (Lipinski definition) is 4. The molecule has 0 aromatic rings. The molecule has 0 heterocycles. The smallest absolute Gasteiger partial charge is 0.407 e. The molecule has 0 fully saturated rings. The SMILES string of the molecule is CC#CC(NC(=O)O)NC(=O)O. The molecule has 0 rings (SSSR count). The Morgan fingerprint density at radius 2 is 1.67 bits per heavy atom. The summed E-state index contributed by atoms with van der Waals surface area (Å²) >= 11 is 0. The summed E-state index contributed by atoms with van der Waals surface area (Å²) < 4.78 is 0. The van der Waals surface area contributed by atoms with Gasteiger partial charge in [-0.15, -0.1) is 5.92 Å². The highest BCUT2D eigenvalue weighted by molar-refractivity contribution is 5.69. The van der Waals surface area contributed by atoms with Crippen molar-refractivity contribution in [1.82, 2.24) is 10.6 Å². The maximum Gasteiger partial charge on any atom is 0.407 e. The predicted octanol–water partition coefficient (Wildman–Crippen LogP) is -0.129. The lowest BCUT2D eigenvalue weighted by molar-refractivity contribution is 0.181. The topological polar surface area (TPSA) is 98.7 Å². The van der Waals surface area contributed by atoms with Gasteiger partial charge in [-0.25, -0.2) is 9.59 Å². The Kier molecular flexibility index (Phi) is 4.08. The molecule has 0 aliphatic carbocycles. The van der Waals surface area contributed by atoms with Gasteiger partial charge in [-0.3, -0.25) is 10.6 Å². The van der Waals surface area contributed by atoms with Crippen LogP contribution in [-0.4, -0.2) is 28.6 Å². The molecule has 66 valence electrons. The van der Waals surface area contributed by atoms with Gasteiger partial charge in [0.15, 0.2) is 6.17 Å². The lowest BCUT2D eigenvalue weighted by Crippen LogP contribution is -2.46. The highest BCUT2D eigenvalue weighted by Gasteiger charge is 2.09. The van der Waals surface area contributed by atoms with Gasteiger partial charge >= 0.3 is 12.2 Å². The second-order valence-corrected chi connectivity index (χ2v) is 1.73. The van der Waals surface area contributed by atoms with Crippen LogP contribution in [0.15, 0.2) is 0 Å². The average Bonchev–Trinajstić information content (AvgIpc) is 1.84. The van der Waals surface area contributed by atoms with E-state index in [0.29, 0.717) is 0 Å². The fraction of sp³-hybridized carbons (Fsp3) is 0.333. The quantitative estimate of drug-likeness (QED) is 0.344. The van der Waals surface area contributed by atoms with E-state index >= 15 is 0 Å². The molecule has 6 nitrogen and oxygen atoms in total. The van der Waals surface area contributed by atoms with Crippen LogP contribution in [0, 0.1) is 11.8 Å². The van der Waals surface area contributed by atoms with Crippen molar-refractivity contribution in [2.75, 3.05) is 0 Å². The first-order valence-corrected chi connectivity index (χ1v) is 2.97. The molecule has 0 aliphatic heterocycles. The molecule has 0 aromatic carbocycles. The van der Waals surface area contributed by atoms with Crippen molar-refractivity contribution in [3.63, 3.8) is 0 Å². The Morgan fingerprint density at radius 1 is 1.25 bits per heavy atom. The Balaban J connectivity index is 4.10. The van der Waals surface area contributed by atoms with Crippen molar-refractivity contribution in [3.05, 3.63) is 0 Å². The number of hydrogen-bond acceptors (Lipinski definition) is 2. The lowest BCUT2D eigenvalue weighted by Gasteiger charge is -2.08. The van der Waals surface area contributed by atoms with E-state index in [1.165, 1.54) is 6.92 Å². The Labute approximate surface area is 68.6 Å². The fourth-order valence-electron chi connectivity index (χ4n) is 0.500. The summed E-state index contributed by atoms with van der Waals surface area (Å²) in [6.07, 6.45) is -3.75. The molecule has 2 amide bonds. The van der Waals surface area contributed by atoms with E-state index in [4.69, 9.17) is 10.2 Å². The summed E-state index contributed by atoms with van der Waals surface area (Å²) in [6, 6.07) is 0. The molecule has 0 aromatic heterocycles. The molecule has 0 atom stereocenters. The van der Waals surface area contributed by atoms with Gasteiger partial charge in [0.2, 0.25) is 0 Å². The van der Waals surface area contributed by atoms with E-state index in [1.54, 1.807) is 0 Å². The van der Waals surface area contributed by atoms with Gasteiger partial charge in [0.05, 0.1) is 0 Å². The van der Waals surface area contributed by atoms with Crippen molar-refractivity contribution >= 4 is 12.2 Å². The molecular weight excluding hydrogens is 164 g/mol.